The van der Waals surface area contributed by atoms with Crippen molar-refractivity contribution in [3.05, 3.63) is 0 Å². The predicted octanol–water partition coefficient (Wildman–Crippen LogP) is 2.03. The fraction of sp³-hybridized carbons (Fsp3) is 0.857. The smallest absolute Gasteiger partial charge is 0.305 e. The molecule has 2 atom stereocenters. The van der Waals surface area contributed by atoms with Crippen molar-refractivity contribution in [3.63, 3.8) is 0 Å². The van der Waals surface area contributed by atoms with Crippen LogP contribution in [0.4, 0.5) is 0 Å². The lowest BCUT2D eigenvalue weighted by Crippen LogP contribution is -2.38. The van der Waals surface area contributed by atoms with E-state index in [2.05, 4.69) is 0 Å². The maximum atomic E-state index is 12.5. The zero-order valence-corrected chi connectivity index (χ0v) is 10.7. The Balaban J connectivity index is 1.64. The summed E-state index contributed by atoms with van der Waals surface area (Å²) in [4.78, 5) is 25.2. The van der Waals surface area contributed by atoms with Crippen LogP contribution in [-0.2, 0) is 9.59 Å². The largest absolute Gasteiger partial charge is 0.481 e. The SMILES string of the molecule is O=C(O)CC1CCCN1C(=O)C1CC12CCCC2. The number of carboxylic acid groups (broad SMARTS) is 1. The van der Waals surface area contributed by atoms with Crippen LogP contribution in [0.5, 0.6) is 0 Å². The van der Waals surface area contributed by atoms with Crippen LogP contribution in [0.3, 0.4) is 0 Å². The normalized spacial score (nSPS) is 33.0. The van der Waals surface area contributed by atoms with Crippen molar-refractivity contribution in [3.8, 4) is 0 Å². The van der Waals surface area contributed by atoms with E-state index in [1.54, 1.807) is 0 Å². The number of hydrogen-bond donors (Lipinski definition) is 1. The molecule has 1 N–H and O–H groups in total. The van der Waals surface area contributed by atoms with Crippen LogP contribution in [0.25, 0.3) is 0 Å². The van der Waals surface area contributed by atoms with Crippen molar-refractivity contribution in [1.82, 2.24) is 4.90 Å². The van der Waals surface area contributed by atoms with Crippen LogP contribution in [0.1, 0.15) is 51.4 Å². The molecule has 1 spiro atoms. The van der Waals surface area contributed by atoms with Crippen LogP contribution in [0, 0.1) is 11.3 Å². The summed E-state index contributed by atoms with van der Waals surface area (Å²) in [5.74, 6) is -0.318. The highest BCUT2D eigenvalue weighted by Gasteiger charge is 2.60. The molecule has 2 aliphatic carbocycles. The number of aliphatic carboxylic acids is 1. The molecule has 1 aliphatic heterocycles. The summed E-state index contributed by atoms with van der Waals surface area (Å²) in [6.45, 7) is 0.767. The van der Waals surface area contributed by atoms with Crippen molar-refractivity contribution in [1.29, 1.82) is 0 Å². The first kappa shape index (κ1) is 12.0. The van der Waals surface area contributed by atoms with Crippen molar-refractivity contribution < 1.29 is 14.7 Å². The van der Waals surface area contributed by atoms with Crippen LogP contribution < -0.4 is 0 Å². The Hall–Kier alpha value is -1.06. The molecule has 0 bridgehead atoms. The van der Waals surface area contributed by atoms with Crippen molar-refractivity contribution >= 4 is 11.9 Å². The number of carboxylic acids is 1. The second-order valence-corrected chi connectivity index (χ2v) is 6.25. The highest BCUT2D eigenvalue weighted by atomic mass is 16.4. The number of amides is 1. The molecule has 100 valence electrons. The van der Waals surface area contributed by atoms with Gasteiger partial charge < -0.3 is 10.0 Å². The van der Waals surface area contributed by atoms with Gasteiger partial charge in [-0.3, -0.25) is 9.59 Å². The summed E-state index contributed by atoms with van der Waals surface area (Å²) in [6.07, 6.45) is 7.95. The molecular weight excluding hydrogens is 230 g/mol. The van der Waals surface area contributed by atoms with Crippen LogP contribution >= 0.6 is 0 Å². The Bertz CT molecular complexity index is 373. The topological polar surface area (TPSA) is 57.6 Å². The van der Waals surface area contributed by atoms with Crippen molar-refractivity contribution in [2.45, 2.75) is 57.4 Å². The van der Waals surface area contributed by atoms with Gasteiger partial charge in [0.05, 0.1) is 6.42 Å². The molecule has 2 unspecified atom stereocenters. The minimum absolute atomic E-state index is 0.0472. The third kappa shape index (κ3) is 1.91. The molecule has 2 saturated carbocycles. The van der Waals surface area contributed by atoms with E-state index in [9.17, 15) is 9.59 Å². The average molecular weight is 251 g/mol. The molecule has 1 saturated heterocycles. The van der Waals surface area contributed by atoms with E-state index < -0.39 is 5.97 Å². The molecule has 0 aromatic heterocycles. The molecule has 4 heteroatoms. The fourth-order valence-electron chi connectivity index (χ4n) is 4.07. The van der Waals surface area contributed by atoms with Crippen molar-refractivity contribution in [2.75, 3.05) is 6.54 Å². The summed E-state index contributed by atoms with van der Waals surface area (Å²) < 4.78 is 0. The monoisotopic (exact) mass is 251 g/mol. The van der Waals surface area contributed by atoms with E-state index >= 15 is 0 Å². The van der Waals surface area contributed by atoms with E-state index in [4.69, 9.17) is 5.11 Å². The summed E-state index contributed by atoms with van der Waals surface area (Å²) in [6, 6.07) is -0.0472. The van der Waals surface area contributed by atoms with E-state index in [-0.39, 0.29) is 24.3 Å². The van der Waals surface area contributed by atoms with Crippen molar-refractivity contribution in [2.24, 2.45) is 11.3 Å². The van der Waals surface area contributed by atoms with Gasteiger partial charge >= 0.3 is 5.97 Å². The number of hydrogen-bond acceptors (Lipinski definition) is 2. The zero-order valence-electron chi connectivity index (χ0n) is 10.7. The zero-order chi connectivity index (χ0) is 12.8. The summed E-state index contributed by atoms with van der Waals surface area (Å²) in [5, 5.41) is 8.89. The highest BCUT2D eigenvalue weighted by Crippen LogP contribution is 2.63. The molecule has 1 amide bonds. The van der Waals surface area contributed by atoms with Gasteiger partial charge in [-0.25, -0.2) is 0 Å². The first-order valence-electron chi connectivity index (χ1n) is 7.15. The molecule has 1 heterocycles. The molecule has 3 aliphatic rings. The van der Waals surface area contributed by atoms with Crippen LogP contribution in [-0.4, -0.2) is 34.5 Å². The molecule has 18 heavy (non-hydrogen) atoms. The third-order valence-corrected chi connectivity index (χ3v) is 5.16. The lowest BCUT2D eigenvalue weighted by Gasteiger charge is -2.24. The van der Waals surface area contributed by atoms with Gasteiger partial charge in [-0.05, 0) is 37.5 Å². The number of nitrogens with zero attached hydrogens (tertiary/aromatic N) is 1. The molecule has 3 fully saturated rings. The molecule has 4 nitrogen and oxygen atoms in total. The molecule has 0 aromatic carbocycles. The Morgan fingerprint density at radius 2 is 1.94 bits per heavy atom. The van der Waals surface area contributed by atoms with Gasteiger partial charge in [-0.2, -0.15) is 0 Å². The average Bonchev–Trinajstić information content (AvgIpc) is 2.66. The number of likely N-dealkylation sites (tertiary alicyclic amines) is 1. The predicted molar refractivity (Wildman–Crippen MR) is 66.0 cm³/mol. The Morgan fingerprint density at radius 3 is 2.61 bits per heavy atom. The Morgan fingerprint density at radius 1 is 1.22 bits per heavy atom. The summed E-state index contributed by atoms with van der Waals surface area (Å²) in [7, 11) is 0. The Labute approximate surface area is 107 Å². The summed E-state index contributed by atoms with van der Waals surface area (Å²) >= 11 is 0. The molecule has 3 rings (SSSR count). The van der Waals surface area contributed by atoms with E-state index in [0.29, 0.717) is 5.41 Å². The summed E-state index contributed by atoms with van der Waals surface area (Å²) in [5.41, 5.74) is 0.327. The molecule has 0 radical (unpaired) electrons. The van der Waals surface area contributed by atoms with Gasteiger partial charge in [0.15, 0.2) is 0 Å². The molecule has 0 aromatic rings. The minimum atomic E-state index is -0.786. The van der Waals surface area contributed by atoms with Crippen LogP contribution in [0.2, 0.25) is 0 Å². The van der Waals surface area contributed by atoms with Crippen LogP contribution in [0.15, 0.2) is 0 Å². The maximum Gasteiger partial charge on any atom is 0.305 e. The van der Waals surface area contributed by atoms with Gasteiger partial charge in [0.2, 0.25) is 5.91 Å². The number of carbonyl (C=O) groups excluding carboxylic acids is 1. The maximum absolute atomic E-state index is 12.5. The lowest BCUT2D eigenvalue weighted by atomic mass is 10.0. The van der Waals surface area contributed by atoms with Gasteiger partial charge in [-0.15, -0.1) is 0 Å². The second kappa shape index (κ2) is 4.25. The minimum Gasteiger partial charge on any atom is -0.481 e. The van der Waals surface area contributed by atoms with Gasteiger partial charge in [0.25, 0.3) is 0 Å². The van der Waals surface area contributed by atoms with Gasteiger partial charge in [-0.1, -0.05) is 12.8 Å². The first-order valence-corrected chi connectivity index (χ1v) is 7.15. The van der Waals surface area contributed by atoms with E-state index in [0.717, 1.165) is 25.8 Å². The quantitative estimate of drug-likeness (QED) is 0.835. The first-order chi connectivity index (χ1) is 8.62. The van der Waals surface area contributed by atoms with E-state index in [1.807, 2.05) is 4.90 Å². The highest BCUT2D eigenvalue weighted by molar-refractivity contribution is 5.84. The fourth-order valence-corrected chi connectivity index (χ4v) is 4.07. The second-order valence-electron chi connectivity index (χ2n) is 6.25. The Kier molecular flexibility index (Phi) is 2.83. The van der Waals surface area contributed by atoms with Gasteiger partial charge in [0.1, 0.15) is 0 Å². The standard InChI is InChI=1S/C14H21NO3/c16-12(17)8-10-4-3-7-15(10)13(18)11-9-14(11)5-1-2-6-14/h10-11H,1-9H2,(H,16,17). The van der Waals surface area contributed by atoms with E-state index in [1.165, 1.54) is 25.7 Å². The third-order valence-electron chi connectivity index (χ3n) is 5.16. The molecular formula is C14H21NO3. The number of rotatable bonds is 3. The van der Waals surface area contributed by atoms with Gasteiger partial charge in [0, 0.05) is 18.5 Å². The number of carbonyl (C=O) groups is 2. The lowest BCUT2D eigenvalue weighted by molar-refractivity contribution is -0.140.